The minimum atomic E-state index is -3.49. The Morgan fingerprint density at radius 2 is 2.20 bits per heavy atom. The number of rotatable bonds is 4. The second-order valence-corrected chi connectivity index (χ2v) is 7.96. The molecular weight excluding hydrogens is 342 g/mol. The van der Waals surface area contributed by atoms with Crippen molar-refractivity contribution in [2.45, 2.75) is 31.6 Å². The summed E-state index contributed by atoms with van der Waals surface area (Å²) in [5.74, 6) is 0.829. The average Bonchev–Trinajstić information content (AvgIpc) is 2.41. The molecule has 0 N–H and O–H groups in total. The van der Waals surface area contributed by atoms with E-state index in [0.717, 1.165) is 17.3 Å². The monoisotopic (exact) mass is 361 g/mol. The number of hydrogen-bond acceptors (Lipinski definition) is 3. The van der Waals surface area contributed by atoms with Crippen LogP contribution in [0, 0.1) is 5.92 Å². The van der Waals surface area contributed by atoms with Gasteiger partial charge in [-0.2, -0.15) is 4.31 Å². The largest absolute Gasteiger partial charge is 0.492 e. The summed E-state index contributed by atoms with van der Waals surface area (Å²) in [6.07, 6.45) is 2.00. The fraction of sp³-hybridized carbons (Fsp3) is 0.571. The molecule has 0 saturated carbocycles. The number of hydrogen-bond donors (Lipinski definition) is 0. The zero-order chi connectivity index (χ0) is 14.8. The highest BCUT2D eigenvalue weighted by Crippen LogP contribution is 2.32. The van der Waals surface area contributed by atoms with E-state index >= 15 is 0 Å². The predicted octanol–water partition coefficient (Wildman–Crippen LogP) is 3.27. The second-order valence-electron chi connectivity index (χ2n) is 5.13. The van der Waals surface area contributed by atoms with Crippen LogP contribution in [0.5, 0.6) is 5.75 Å². The summed E-state index contributed by atoms with van der Waals surface area (Å²) in [6.45, 7) is 5.55. The number of ether oxygens (including phenoxy) is 1. The quantitative estimate of drug-likeness (QED) is 0.826. The molecule has 1 aliphatic rings. The average molecular weight is 362 g/mol. The van der Waals surface area contributed by atoms with E-state index in [-0.39, 0.29) is 4.90 Å². The Morgan fingerprint density at radius 3 is 2.85 bits per heavy atom. The molecule has 1 saturated heterocycles. The van der Waals surface area contributed by atoms with Crippen molar-refractivity contribution in [2.24, 2.45) is 5.92 Å². The van der Waals surface area contributed by atoms with Crippen molar-refractivity contribution in [1.29, 1.82) is 0 Å². The van der Waals surface area contributed by atoms with Crippen LogP contribution in [0.2, 0.25) is 0 Å². The minimum absolute atomic E-state index is 0.253. The van der Waals surface area contributed by atoms with Crippen LogP contribution in [0.1, 0.15) is 26.7 Å². The first-order valence-corrected chi connectivity index (χ1v) is 9.11. The number of sulfonamides is 1. The zero-order valence-corrected chi connectivity index (χ0v) is 14.2. The van der Waals surface area contributed by atoms with Gasteiger partial charge >= 0.3 is 0 Å². The lowest BCUT2D eigenvalue weighted by molar-refractivity contribution is 0.278. The summed E-state index contributed by atoms with van der Waals surface area (Å²) in [4.78, 5) is 0.253. The van der Waals surface area contributed by atoms with E-state index in [1.54, 1.807) is 22.5 Å². The first kappa shape index (κ1) is 15.8. The van der Waals surface area contributed by atoms with Crippen LogP contribution in [0.3, 0.4) is 0 Å². The van der Waals surface area contributed by atoms with Crippen LogP contribution in [0.4, 0.5) is 0 Å². The van der Waals surface area contributed by atoms with Gasteiger partial charge < -0.3 is 4.74 Å². The molecule has 2 rings (SSSR count). The third-order valence-corrected chi connectivity index (χ3v) is 5.82. The van der Waals surface area contributed by atoms with Crippen molar-refractivity contribution >= 4 is 26.0 Å². The zero-order valence-electron chi connectivity index (χ0n) is 11.8. The van der Waals surface area contributed by atoms with E-state index in [0.29, 0.717) is 31.4 Å². The van der Waals surface area contributed by atoms with Crippen molar-refractivity contribution in [2.75, 3.05) is 19.7 Å². The van der Waals surface area contributed by atoms with E-state index < -0.39 is 10.0 Å². The maximum Gasteiger partial charge on any atom is 0.246 e. The molecule has 0 unspecified atom stereocenters. The number of nitrogens with zero attached hydrogens (tertiary/aromatic N) is 1. The van der Waals surface area contributed by atoms with Gasteiger partial charge in [0.2, 0.25) is 10.0 Å². The van der Waals surface area contributed by atoms with Gasteiger partial charge in [0.15, 0.2) is 0 Å². The Labute approximate surface area is 129 Å². The first-order chi connectivity index (χ1) is 9.45. The highest BCUT2D eigenvalue weighted by Gasteiger charge is 2.31. The van der Waals surface area contributed by atoms with Crippen molar-refractivity contribution in [3.05, 3.63) is 22.7 Å². The summed E-state index contributed by atoms with van der Waals surface area (Å²) in [6, 6.07) is 5.12. The Hall–Kier alpha value is -0.590. The van der Waals surface area contributed by atoms with Crippen LogP contribution >= 0.6 is 15.9 Å². The van der Waals surface area contributed by atoms with E-state index in [9.17, 15) is 8.42 Å². The van der Waals surface area contributed by atoms with Crippen molar-refractivity contribution < 1.29 is 13.2 Å². The van der Waals surface area contributed by atoms with Gasteiger partial charge in [-0.05, 0) is 43.9 Å². The molecule has 1 atom stereocenters. The smallest absolute Gasteiger partial charge is 0.246 e. The topological polar surface area (TPSA) is 46.6 Å². The van der Waals surface area contributed by atoms with Crippen LogP contribution in [0.15, 0.2) is 27.6 Å². The minimum Gasteiger partial charge on any atom is -0.492 e. The molecule has 6 heteroatoms. The lowest BCUT2D eigenvalue weighted by Gasteiger charge is -2.30. The van der Waals surface area contributed by atoms with E-state index in [2.05, 4.69) is 22.9 Å². The van der Waals surface area contributed by atoms with Gasteiger partial charge in [-0.1, -0.05) is 22.9 Å². The third kappa shape index (κ3) is 3.35. The van der Waals surface area contributed by atoms with E-state index in [4.69, 9.17) is 4.74 Å². The van der Waals surface area contributed by atoms with E-state index in [1.165, 1.54) is 0 Å². The fourth-order valence-corrected chi connectivity index (χ4v) is 4.73. The predicted molar refractivity (Wildman–Crippen MR) is 82.5 cm³/mol. The highest BCUT2D eigenvalue weighted by atomic mass is 79.9. The van der Waals surface area contributed by atoms with Gasteiger partial charge in [-0.15, -0.1) is 0 Å². The lowest BCUT2D eigenvalue weighted by atomic mass is 10.0. The number of benzene rings is 1. The molecule has 1 fully saturated rings. The summed E-state index contributed by atoms with van der Waals surface area (Å²) >= 11 is 3.34. The van der Waals surface area contributed by atoms with Crippen molar-refractivity contribution in [3.8, 4) is 5.75 Å². The summed E-state index contributed by atoms with van der Waals surface area (Å²) < 4.78 is 33.4. The lowest BCUT2D eigenvalue weighted by Crippen LogP contribution is -2.39. The molecule has 1 aromatic rings. The Morgan fingerprint density at radius 1 is 1.45 bits per heavy atom. The van der Waals surface area contributed by atoms with Gasteiger partial charge in [0.1, 0.15) is 10.6 Å². The molecule has 0 spiro atoms. The SMILES string of the molecule is CCOc1ccc(Br)cc1S(=O)(=O)N1CCC[C@@H](C)C1. The molecule has 1 aliphatic heterocycles. The molecule has 4 nitrogen and oxygen atoms in total. The Balaban J connectivity index is 2.40. The molecule has 1 heterocycles. The van der Waals surface area contributed by atoms with Crippen LogP contribution < -0.4 is 4.74 Å². The summed E-state index contributed by atoms with van der Waals surface area (Å²) in [5.41, 5.74) is 0. The summed E-state index contributed by atoms with van der Waals surface area (Å²) in [5, 5.41) is 0. The Bertz CT molecular complexity index is 574. The standard InChI is InChI=1S/C14H20BrNO3S/c1-3-19-13-7-6-12(15)9-14(13)20(17,18)16-8-4-5-11(2)10-16/h6-7,9,11H,3-5,8,10H2,1-2H3/t11-/m1/s1. The van der Waals surface area contributed by atoms with Crippen molar-refractivity contribution in [1.82, 2.24) is 4.31 Å². The molecule has 0 aliphatic carbocycles. The summed E-state index contributed by atoms with van der Waals surface area (Å²) in [7, 11) is -3.49. The van der Waals surface area contributed by atoms with Gasteiger partial charge in [0, 0.05) is 17.6 Å². The fourth-order valence-electron chi connectivity index (χ4n) is 2.46. The van der Waals surface area contributed by atoms with Gasteiger partial charge in [-0.25, -0.2) is 8.42 Å². The van der Waals surface area contributed by atoms with Crippen LogP contribution in [0.25, 0.3) is 0 Å². The molecule has 0 bridgehead atoms. The third-order valence-electron chi connectivity index (χ3n) is 3.44. The van der Waals surface area contributed by atoms with Gasteiger partial charge in [0.25, 0.3) is 0 Å². The normalized spacial score (nSPS) is 20.9. The molecule has 20 heavy (non-hydrogen) atoms. The van der Waals surface area contributed by atoms with Gasteiger partial charge in [-0.3, -0.25) is 0 Å². The molecule has 0 amide bonds. The van der Waals surface area contributed by atoms with Crippen LogP contribution in [-0.4, -0.2) is 32.4 Å². The molecule has 0 aromatic heterocycles. The molecule has 1 aromatic carbocycles. The maximum absolute atomic E-state index is 12.8. The highest BCUT2D eigenvalue weighted by molar-refractivity contribution is 9.10. The van der Waals surface area contributed by atoms with Crippen LogP contribution in [-0.2, 0) is 10.0 Å². The first-order valence-electron chi connectivity index (χ1n) is 6.87. The second kappa shape index (κ2) is 6.45. The maximum atomic E-state index is 12.8. The van der Waals surface area contributed by atoms with Gasteiger partial charge in [0.05, 0.1) is 6.61 Å². The van der Waals surface area contributed by atoms with E-state index in [1.807, 2.05) is 6.92 Å². The number of halogens is 1. The molecular formula is C14H20BrNO3S. The molecule has 112 valence electrons. The molecule has 0 radical (unpaired) electrons. The van der Waals surface area contributed by atoms with Crippen molar-refractivity contribution in [3.63, 3.8) is 0 Å². The Kier molecular flexibility index (Phi) is 5.09. The number of piperidine rings is 1.